The summed E-state index contributed by atoms with van der Waals surface area (Å²) in [6.45, 7) is 0.777. The maximum atomic E-state index is 13.4. The van der Waals surface area contributed by atoms with Gasteiger partial charge in [-0.25, -0.2) is 4.39 Å². The maximum absolute atomic E-state index is 13.4. The molecule has 2 heterocycles. The molecular weight excluding hydrogens is 245 g/mol. The molecule has 2 aromatic rings. The van der Waals surface area contributed by atoms with Crippen LogP contribution in [0.2, 0.25) is 0 Å². The molecule has 3 rings (SSSR count). The van der Waals surface area contributed by atoms with Crippen molar-refractivity contribution in [3.05, 3.63) is 41.7 Å². The second-order valence-corrected chi connectivity index (χ2v) is 4.44. The van der Waals surface area contributed by atoms with Gasteiger partial charge in [0.25, 0.3) is 0 Å². The lowest BCUT2D eigenvalue weighted by atomic mass is 10.2. The Morgan fingerprint density at radius 3 is 2.95 bits per heavy atom. The fourth-order valence-electron chi connectivity index (χ4n) is 2.35. The maximum Gasteiger partial charge on any atom is 0.238 e. The molecule has 5 heteroatoms. The summed E-state index contributed by atoms with van der Waals surface area (Å²) in [5.74, 6) is 0.866. The number of rotatable bonds is 2. The molecular formula is C14H14FN3O. The van der Waals surface area contributed by atoms with Gasteiger partial charge in [0.2, 0.25) is 5.88 Å². The number of nitrogens with zero attached hydrogens (tertiary/aromatic N) is 2. The third kappa shape index (κ3) is 1.97. The Hall–Kier alpha value is -2.30. The fraction of sp³-hybridized carbons (Fsp3) is 0.214. The van der Waals surface area contributed by atoms with Crippen LogP contribution in [0.5, 0.6) is 5.88 Å². The minimum absolute atomic E-state index is 0.243. The van der Waals surface area contributed by atoms with Gasteiger partial charge in [0.1, 0.15) is 11.6 Å². The van der Waals surface area contributed by atoms with E-state index in [9.17, 15) is 4.39 Å². The Labute approximate surface area is 110 Å². The smallest absolute Gasteiger partial charge is 0.238 e. The van der Waals surface area contributed by atoms with E-state index in [0.29, 0.717) is 11.6 Å². The monoisotopic (exact) mass is 259 g/mol. The van der Waals surface area contributed by atoms with Crippen LogP contribution >= 0.6 is 0 Å². The number of benzene rings is 1. The van der Waals surface area contributed by atoms with Crippen molar-refractivity contribution in [1.82, 2.24) is 4.98 Å². The second-order valence-electron chi connectivity index (χ2n) is 4.44. The highest BCUT2D eigenvalue weighted by Gasteiger charge is 2.22. The van der Waals surface area contributed by atoms with Crippen molar-refractivity contribution >= 4 is 17.2 Å². The first-order valence-corrected chi connectivity index (χ1v) is 6.05. The first-order valence-electron chi connectivity index (χ1n) is 6.05. The molecule has 1 aromatic carbocycles. The van der Waals surface area contributed by atoms with Gasteiger partial charge >= 0.3 is 0 Å². The van der Waals surface area contributed by atoms with Crippen LogP contribution < -0.4 is 15.4 Å². The normalized spacial score (nSPS) is 13.5. The van der Waals surface area contributed by atoms with Crippen molar-refractivity contribution in [2.45, 2.75) is 6.42 Å². The van der Waals surface area contributed by atoms with Crippen LogP contribution in [-0.2, 0) is 6.42 Å². The van der Waals surface area contributed by atoms with Crippen LogP contribution in [0.4, 0.5) is 21.6 Å². The van der Waals surface area contributed by atoms with Gasteiger partial charge in [-0.1, -0.05) is 6.07 Å². The SMILES string of the molecule is COc1nc(N2CCc3ccc(F)cc32)ccc1N. The lowest BCUT2D eigenvalue weighted by Gasteiger charge is -2.19. The zero-order valence-corrected chi connectivity index (χ0v) is 10.6. The molecule has 98 valence electrons. The molecule has 0 radical (unpaired) electrons. The predicted molar refractivity (Wildman–Crippen MR) is 72.3 cm³/mol. The van der Waals surface area contributed by atoms with E-state index in [4.69, 9.17) is 10.5 Å². The Bertz CT molecular complexity index is 630. The van der Waals surface area contributed by atoms with Crippen molar-refractivity contribution in [3.8, 4) is 5.88 Å². The van der Waals surface area contributed by atoms with Crippen LogP contribution in [0.1, 0.15) is 5.56 Å². The fourth-order valence-corrected chi connectivity index (χ4v) is 2.35. The molecule has 2 N–H and O–H groups in total. The van der Waals surface area contributed by atoms with E-state index in [2.05, 4.69) is 4.98 Å². The number of anilines is 3. The van der Waals surface area contributed by atoms with Gasteiger partial charge < -0.3 is 15.4 Å². The molecule has 0 unspecified atom stereocenters. The summed E-state index contributed by atoms with van der Waals surface area (Å²) in [7, 11) is 1.53. The van der Waals surface area contributed by atoms with Gasteiger partial charge in [0, 0.05) is 12.2 Å². The Morgan fingerprint density at radius 1 is 1.32 bits per heavy atom. The van der Waals surface area contributed by atoms with Crippen molar-refractivity contribution in [3.63, 3.8) is 0 Å². The molecule has 0 atom stereocenters. The highest BCUT2D eigenvalue weighted by Crippen LogP contribution is 2.35. The van der Waals surface area contributed by atoms with E-state index in [1.807, 2.05) is 17.0 Å². The van der Waals surface area contributed by atoms with Gasteiger partial charge in [-0.15, -0.1) is 0 Å². The number of fused-ring (bicyclic) bond motifs is 1. The third-order valence-corrected chi connectivity index (χ3v) is 3.29. The van der Waals surface area contributed by atoms with Crippen LogP contribution in [-0.4, -0.2) is 18.6 Å². The summed E-state index contributed by atoms with van der Waals surface area (Å²) in [5.41, 5.74) is 8.23. The number of aromatic nitrogens is 1. The number of nitrogen functional groups attached to an aromatic ring is 1. The van der Waals surface area contributed by atoms with Crippen molar-refractivity contribution < 1.29 is 9.13 Å². The van der Waals surface area contributed by atoms with Crippen LogP contribution in [0, 0.1) is 5.82 Å². The number of hydrogen-bond donors (Lipinski definition) is 1. The molecule has 19 heavy (non-hydrogen) atoms. The van der Waals surface area contributed by atoms with Gasteiger partial charge in [-0.05, 0) is 36.2 Å². The quantitative estimate of drug-likeness (QED) is 0.900. The summed E-state index contributed by atoms with van der Waals surface area (Å²) in [4.78, 5) is 6.33. The lowest BCUT2D eigenvalue weighted by molar-refractivity contribution is 0.400. The number of halogens is 1. The van der Waals surface area contributed by atoms with E-state index in [0.717, 1.165) is 30.0 Å². The summed E-state index contributed by atoms with van der Waals surface area (Å²) in [6, 6.07) is 8.40. The Balaban J connectivity index is 2.04. The van der Waals surface area contributed by atoms with Crippen molar-refractivity contribution in [2.24, 2.45) is 0 Å². The zero-order chi connectivity index (χ0) is 13.4. The number of methoxy groups -OCH3 is 1. The van der Waals surface area contributed by atoms with E-state index in [1.54, 1.807) is 6.07 Å². The predicted octanol–water partition coefficient (Wildman–Crippen LogP) is 2.51. The minimum atomic E-state index is -0.243. The number of ether oxygens (including phenoxy) is 1. The molecule has 0 saturated carbocycles. The summed E-state index contributed by atoms with van der Waals surface area (Å²) in [5, 5.41) is 0. The summed E-state index contributed by atoms with van der Waals surface area (Å²) in [6.07, 6.45) is 0.879. The van der Waals surface area contributed by atoms with Crippen LogP contribution in [0.3, 0.4) is 0 Å². The standard InChI is InChI=1S/C14H14FN3O/c1-19-14-11(16)4-5-13(17-14)18-7-6-9-2-3-10(15)8-12(9)18/h2-5,8H,6-7,16H2,1H3. The molecule has 0 amide bonds. The van der Waals surface area contributed by atoms with Gasteiger partial charge in [-0.3, -0.25) is 0 Å². The zero-order valence-electron chi connectivity index (χ0n) is 10.6. The molecule has 0 fully saturated rings. The van der Waals surface area contributed by atoms with Crippen molar-refractivity contribution in [2.75, 3.05) is 24.3 Å². The summed E-state index contributed by atoms with van der Waals surface area (Å²) < 4.78 is 18.5. The largest absolute Gasteiger partial charge is 0.479 e. The number of pyridine rings is 1. The highest BCUT2D eigenvalue weighted by atomic mass is 19.1. The molecule has 0 bridgehead atoms. The van der Waals surface area contributed by atoms with Crippen LogP contribution in [0.25, 0.3) is 0 Å². The first-order chi connectivity index (χ1) is 9.19. The van der Waals surface area contributed by atoms with Crippen LogP contribution in [0.15, 0.2) is 30.3 Å². The molecule has 1 aliphatic rings. The van der Waals surface area contributed by atoms with Gasteiger partial charge in [0.05, 0.1) is 12.8 Å². The molecule has 0 aliphatic carbocycles. The third-order valence-electron chi connectivity index (χ3n) is 3.29. The van der Waals surface area contributed by atoms with E-state index >= 15 is 0 Å². The number of nitrogens with two attached hydrogens (primary N) is 1. The Morgan fingerprint density at radius 2 is 2.16 bits per heavy atom. The molecule has 1 aliphatic heterocycles. The first kappa shape index (κ1) is 11.8. The molecule has 4 nitrogen and oxygen atoms in total. The second kappa shape index (κ2) is 4.42. The highest BCUT2D eigenvalue weighted by molar-refractivity contribution is 5.69. The van der Waals surface area contributed by atoms with E-state index in [1.165, 1.54) is 19.2 Å². The lowest BCUT2D eigenvalue weighted by Crippen LogP contribution is -2.15. The van der Waals surface area contributed by atoms with E-state index < -0.39 is 0 Å². The van der Waals surface area contributed by atoms with Gasteiger partial charge in [-0.2, -0.15) is 4.98 Å². The minimum Gasteiger partial charge on any atom is -0.479 e. The number of hydrogen-bond acceptors (Lipinski definition) is 4. The molecule has 1 aromatic heterocycles. The van der Waals surface area contributed by atoms with Crippen molar-refractivity contribution in [1.29, 1.82) is 0 Å². The summed E-state index contributed by atoms with van der Waals surface area (Å²) >= 11 is 0. The van der Waals surface area contributed by atoms with Gasteiger partial charge in [0.15, 0.2) is 0 Å². The average molecular weight is 259 g/mol. The van der Waals surface area contributed by atoms with E-state index in [-0.39, 0.29) is 5.82 Å². The Kier molecular flexibility index (Phi) is 2.74. The molecule has 0 spiro atoms. The molecule has 0 saturated heterocycles. The topological polar surface area (TPSA) is 51.4 Å². The average Bonchev–Trinajstić information content (AvgIpc) is 2.82.